The van der Waals surface area contributed by atoms with E-state index < -0.39 is 23.6 Å². The normalized spacial score (nSPS) is 20.6. The second-order valence-corrected chi connectivity index (χ2v) is 7.97. The number of hydrogen-bond donors (Lipinski definition) is 2. The Morgan fingerprint density at radius 2 is 2.16 bits per heavy atom. The lowest BCUT2D eigenvalue weighted by atomic mass is 9.92. The zero-order chi connectivity index (χ0) is 22.4. The average Bonchev–Trinajstić information content (AvgIpc) is 3.11. The molecule has 31 heavy (non-hydrogen) atoms. The van der Waals surface area contributed by atoms with Gasteiger partial charge >= 0.3 is 6.09 Å². The van der Waals surface area contributed by atoms with Crippen LogP contribution < -0.4 is 15.1 Å². The van der Waals surface area contributed by atoms with Gasteiger partial charge in [0, 0.05) is 20.0 Å². The molecule has 2 N–H and O–H groups in total. The van der Waals surface area contributed by atoms with E-state index in [9.17, 15) is 19.1 Å². The van der Waals surface area contributed by atoms with Gasteiger partial charge in [0.25, 0.3) is 0 Å². The largest absolute Gasteiger partial charge is 0.442 e. The number of cyclic esters (lactones) is 1. The smallest absolute Gasteiger partial charge is 0.414 e. The zero-order valence-electron chi connectivity index (χ0n) is 17.3. The van der Waals surface area contributed by atoms with E-state index in [2.05, 4.69) is 14.5 Å². The highest BCUT2D eigenvalue weighted by atomic mass is 32.2. The Morgan fingerprint density at radius 3 is 2.81 bits per heavy atom. The van der Waals surface area contributed by atoms with Crippen LogP contribution in [0.15, 0.2) is 18.2 Å². The summed E-state index contributed by atoms with van der Waals surface area (Å²) in [5.41, 5.74) is -0.251. The van der Waals surface area contributed by atoms with Crippen LogP contribution in [-0.2, 0) is 22.9 Å². The predicted molar refractivity (Wildman–Crippen MR) is 111 cm³/mol. The highest BCUT2D eigenvalue weighted by molar-refractivity contribution is 7.89. The third-order valence-corrected chi connectivity index (χ3v) is 5.61. The first-order valence-electron chi connectivity index (χ1n) is 9.80. The Bertz CT molecular complexity index is 792. The summed E-state index contributed by atoms with van der Waals surface area (Å²) in [5, 5.41) is 13.2. The molecule has 0 saturated carbocycles. The van der Waals surface area contributed by atoms with Crippen LogP contribution in [0.1, 0.15) is 19.8 Å². The number of nitrogens with one attached hydrogen (secondary N) is 1. The number of hydrogen-bond acceptors (Lipinski definition) is 9. The Hall–Kier alpha value is -2.12. The van der Waals surface area contributed by atoms with E-state index in [1.165, 1.54) is 25.0 Å². The van der Waals surface area contributed by atoms with Gasteiger partial charge in [0.2, 0.25) is 5.91 Å². The number of benzene rings is 1. The van der Waals surface area contributed by atoms with E-state index in [0.717, 1.165) is 0 Å². The maximum absolute atomic E-state index is 14.8. The van der Waals surface area contributed by atoms with E-state index in [4.69, 9.17) is 8.92 Å². The van der Waals surface area contributed by atoms with Gasteiger partial charge in [0.05, 0.1) is 43.8 Å². The SMILES string of the molecule is COOSOCC1(O)CCN(c2ccc(N3C[C@H](CNC(C)=O)OC3=O)cc2F)CC1. The molecule has 2 saturated heterocycles. The molecule has 1 atom stereocenters. The van der Waals surface area contributed by atoms with Crippen LogP contribution in [-0.4, -0.2) is 68.7 Å². The lowest BCUT2D eigenvalue weighted by Crippen LogP contribution is -2.47. The summed E-state index contributed by atoms with van der Waals surface area (Å²) >= 11 is 0.644. The van der Waals surface area contributed by atoms with Crippen LogP contribution in [0.25, 0.3) is 0 Å². The molecule has 0 unspecified atom stereocenters. The number of rotatable bonds is 9. The molecule has 0 aliphatic carbocycles. The van der Waals surface area contributed by atoms with E-state index in [0.29, 0.717) is 49.6 Å². The van der Waals surface area contributed by atoms with Crippen molar-refractivity contribution in [2.75, 3.05) is 49.7 Å². The minimum atomic E-state index is -1.03. The number of carbonyl (C=O) groups excluding carboxylic acids is 2. The van der Waals surface area contributed by atoms with E-state index in [-0.39, 0.29) is 25.6 Å². The van der Waals surface area contributed by atoms with Gasteiger partial charge in [0.1, 0.15) is 11.9 Å². The molecule has 2 amide bonds. The van der Waals surface area contributed by atoms with Crippen molar-refractivity contribution in [2.45, 2.75) is 31.5 Å². The van der Waals surface area contributed by atoms with Crippen molar-refractivity contribution in [3.05, 3.63) is 24.0 Å². The van der Waals surface area contributed by atoms with Gasteiger partial charge in [-0.3, -0.25) is 13.9 Å². The third kappa shape index (κ3) is 6.20. The Labute approximate surface area is 183 Å². The monoisotopic (exact) mass is 459 g/mol. The van der Waals surface area contributed by atoms with Crippen LogP contribution in [0.4, 0.5) is 20.6 Å². The first-order valence-corrected chi connectivity index (χ1v) is 10.5. The first-order chi connectivity index (χ1) is 14.8. The van der Waals surface area contributed by atoms with Gasteiger partial charge in [-0.15, -0.1) is 4.33 Å². The molecule has 10 nitrogen and oxygen atoms in total. The fourth-order valence-electron chi connectivity index (χ4n) is 3.51. The second kappa shape index (κ2) is 10.5. The van der Waals surface area contributed by atoms with Crippen LogP contribution in [0.3, 0.4) is 0 Å². The van der Waals surface area contributed by atoms with Gasteiger partial charge < -0.3 is 20.1 Å². The van der Waals surface area contributed by atoms with Crippen molar-refractivity contribution in [3.8, 4) is 0 Å². The number of anilines is 2. The number of piperidine rings is 1. The molecule has 172 valence electrons. The molecule has 2 aliphatic heterocycles. The molecule has 0 radical (unpaired) electrons. The van der Waals surface area contributed by atoms with E-state index in [1.807, 2.05) is 4.90 Å². The summed E-state index contributed by atoms with van der Waals surface area (Å²) in [6.07, 6.45) is -0.287. The summed E-state index contributed by atoms with van der Waals surface area (Å²) in [7, 11) is 1.35. The molecular formula is C19H26FN3O7S. The van der Waals surface area contributed by atoms with Crippen LogP contribution in [0, 0.1) is 5.82 Å². The number of aliphatic hydroxyl groups is 1. The van der Waals surface area contributed by atoms with Crippen molar-refractivity contribution in [2.24, 2.45) is 0 Å². The minimum absolute atomic E-state index is 0.0625. The molecule has 2 fully saturated rings. The molecule has 1 aromatic carbocycles. The average molecular weight is 459 g/mol. The number of carbonyl (C=O) groups is 2. The maximum atomic E-state index is 14.8. The molecule has 2 aliphatic rings. The van der Waals surface area contributed by atoms with Gasteiger partial charge in [-0.25, -0.2) is 14.1 Å². The van der Waals surface area contributed by atoms with E-state index >= 15 is 0 Å². The van der Waals surface area contributed by atoms with E-state index in [1.54, 1.807) is 12.1 Å². The standard InChI is InChI=1S/C19H26FN3O7S/c1-13(24)21-10-15-11-23(18(25)29-15)14-3-4-17(16(20)9-14)22-7-5-19(26,6-8-22)12-28-31-30-27-2/h3-4,9,15,26H,5-8,10-12H2,1-2H3,(H,21,24)/t15-/m0/s1. The maximum Gasteiger partial charge on any atom is 0.414 e. The van der Waals surface area contributed by atoms with Crippen molar-refractivity contribution >= 4 is 35.7 Å². The molecule has 1 aromatic rings. The highest BCUT2D eigenvalue weighted by Crippen LogP contribution is 2.32. The molecule has 2 heterocycles. The topological polar surface area (TPSA) is 110 Å². The lowest BCUT2D eigenvalue weighted by Gasteiger charge is -2.38. The van der Waals surface area contributed by atoms with Gasteiger partial charge in [-0.1, -0.05) is 0 Å². The van der Waals surface area contributed by atoms with Gasteiger partial charge in [-0.2, -0.15) is 0 Å². The summed E-state index contributed by atoms with van der Waals surface area (Å²) < 4.78 is 29.8. The zero-order valence-corrected chi connectivity index (χ0v) is 18.2. The summed E-state index contributed by atoms with van der Waals surface area (Å²) in [5.74, 6) is -0.687. The molecule has 3 rings (SSSR count). The molecule has 0 bridgehead atoms. The minimum Gasteiger partial charge on any atom is -0.442 e. The molecule has 0 spiro atoms. The Morgan fingerprint density at radius 1 is 1.42 bits per heavy atom. The Balaban J connectivity index is 1.57. The first kappa shape index (κ1) is 23.5. The van der Waals surface area contributed by atoms with Crippen LogP contribution >= 0.6 is 12.3 Å². The van der Waals surface area contributed by atoms with Crippen LogP contribution in [0.2, 0.25) is 0 Å². The third-order valence-electron chi connectivity index (χ3n) is 5.20. The number of halogens is 1. The number of nitrogens with zero attached hydrogens (tertiary/aromatic N) is 2. The fourth-order valence-corrected chi connectivity index (χ4v) is 3.87. The Kier molecular flexibility index (Phi) is 7.94. The second-order valence-electron chi connectivity index (χ2n) is 7.47. The van der Waals surface area contributed by atoms with Crippen molar-refractivity contribution in [3.63, 3.8) is 0 Å². The fraction of sp³-hybridized carbons (Fsp3) is 0.579. The van der Waals surface area contributed by atoms with Gasteiger partial charge in [-0.05, 0) is 31.0 Å². The van der Waals surface area contributed by atoms with Gasteiger partial charge in [0.15, 0.2) is 12.3 Å². The summed E-state index contributed by atoms with van der Waals surface area (Å²) in [6, 6.07) is 4.56. The molecular weight excluding hydrogens is 433 g/mol. The number of ether oxygens (including phenoxy) is 1. The van der Waals surface area contributed by atoms with Crippen LogP contribution in [0.5, 0.6) is 0 Å². The lowest BCUT2D eigenvalue weighted by molar-refractivity contribution is -0.168. The predicted octanol–water partition coefficient (Wildman–Crippen LogP) is 1.78. The molecule has 0 aromatic heterocycles. The molecule has 12 heteroatoms. The number of amides is 2. The van der Waals surface area contributed by atoms with Crippen molar-refractivity contribution in [1.82, 2.24) is 5.32 Å². The summed E-state index contributed by atoms with van der Waals surface area (Å²) in [4.78, 5) is 30.7. The summed E-state index contributed by atoms with van der Waals surface area (Å²) in [6.45, 7) is 2.75. The highest BCUT2D eigenvalue weighted by Gasteiger charge is 2.35. The van der Waals surface area contributed by atoms with Crippen molar-refractivity contribution in [1.29, 1.82) is 0 Å². The van der Waals surface area contributed by atoms with Crippen molar-refractivity contribution < 1.29 is 37.2 Å². The quantitative estimate of drug-likeness (QED) is 0.247.